The highest BCUT2D eigenvalue weighted by atomic mass is 32.2. The van der Waals surface area contributed by atoms with Crippen molar-refractivity contribution < 1.29 is 18.0 Å². The van der Waals surface area contributed by atoms with Crippen LogP contribution in [0.4, 0.5) is 5.69 Å². The van der Waals surface area contributed by atoms with Crippen molar-refractivity contribution >= 4 is 33.4 Å². The van der Waals surface area contributed by atoms with Gasteiger partial charge < -0.3 is 10.6 Å². The van der Waals surface area contributed by atoms with Crippen molar-refractivity contribution in [3.05, 3.63) is 28.8 Å². The average Bonchev–Trinajstić information content (AvgIpc) is 3.16. The minimum absolute atomic E-state index is 0.0144. The number of hydrogen-bond acceptors (Lipinski definition) is 5. The highest BCUT2D eigenvalue weighted by Crippen LogP contribution is 2.36. The number of rotatable bonds is 7. The summed E-state index contributed by atoms with van der Waals surface area (Å²) in [5.74, 6) is 1.79. The molecule has 2 N–H and O–H groups in total. The molecular weight excluding hydrogens is 476 g/mol. The topological polar surface area (TPSA) is 108 Å². The van der Waals surface area contributed by atoms with Gasteiger partial charge in [0.25, 0.3) is 5.91 Å². The molecule has 2 aliphatic heterocycles. The number of piperidine rings is 1. The maximum absolute atomic E-state index is 13.1. The standard InChI is InChI=1S/C27H40N4O4S/c1-5-23(32)28-24-19(3)16-21(17-20(24)4)10-15-36(34,35)31-13-11-27(12-14-31)26(33)29-25(30-27)22-8-6-18(2)7-9-22/h16-18,22H,5-15H2,1-4H3,(H,28,32)(H,29,30,33). The van der Waals surface area contributed by atoms with Crippen LogP contribution >= 0.6 is 0 Å². The first-order valence-electron chi connectivity index (χ1n) is 13.3. The number of carbonyl (C=O) groups is 2. The van der Waals surface area contributed by atoms with Gasteiger partial charge in [0.05, 0.1) is 5.75 Å². The molecule has 0 unspecified atom stereocenters. The third-order valence-electron chi connectivity index (χ3n) is 8.17. The summed E-state index contributed by atoms with van der Waals surface area (Å²) in [6.07, 6.45) is 6.09. The van der Waals surface area contributed by atoms with Crippen molar-refractivity contribution in [1.29, 1.82) is 0 Å². The summed E-state index contributed by atoms with van der Waals surface area (Å²) in [4.78, 5) is 29.6. The second-order valence-electron chi connectivity index (χ2n) is 10.9. The Bertz CT molecular complexity index is 1120. The molecule has 0 aromatic heterocycles. The van der Waals surface area contributed by atoms with Crippen LogP contribution in [-0.4, -0.2) is 54.8 Å². The third-order valence-corrected chi connectivity index (χ3v) is 10.0. The first kappa shape index (κ1) is 26.8. The molecule has 198 valence electrons. The largest absolute Gasteiger partial charge is 0.326 e. The van der Waals surface area contributed by atoms with Gasteiger partial charge in [0.15, 0.2) is 0 Å². The second kappa shape index (κ2) is 10.6. The van der Waals surface area contributed by atoms with E-state index in [0.717, 1.165) is 59.8 Å². The van der Waals surface area contributed by atoms with E-state index in [9.17, 15) is 18.0 Å². The zero-order chi connectivity index (χ0) is 26.1. The Morgan fingerprint density at radius 1 is 1.14 bits per heavy atom. The van der Waals surface area contributed by atoms with Gasteiger partial charge >= 0.3 is 0 Å². The molecule has 1 aliphatic carbocycles. The van der Waals surface area contributed by atoms with Gasteiger partial charge in [-0.15, -0.1) is 0 Å². The number of aliphatic imine (C=N–C) groups is 1. The first-order chi connectivity index (χ1) is 17.0. The van der Waals surface area contributed by atoms with Crippen LogP contribution in [0.3, 0.4) is 0 Å². The Morgan fingerprint density at radius 3 is 2.33 bits per heavy atom. The highest BCUT2D eigenvalue weighted by molar-refractivity contribution is 7.89. The van der Waals surface area contributed by atoms with Gasteiger partial charge in [0.2, 0.25) is 15.9 Å². The smallest absolute Gasteiger partial charge is 0.253 e. The van der Waals surface area contributed by atoms with Crippen LogP contribution in [0.25, 0.3) is 0 Å². The monoisotopic (exact) mass is 516 g/mol. The van der Waals surface area contributed by atoms with Crippen molar-refractivity contribution in [3.8, 4) is 0 Å². The van der Waals surface area contributed by atoms with E-state index >= 15 is 0 Å². The Kier molecular flexibility index (Phi) is 7.90. The lowest BCUT2D eigenvalue weighted by atomic mass is 9.82. The lowest BCUT2D eigenvalue weighted by molar-refractivity contribution is -0.125. The molecule has 3 aliphatic rings. The summed E-state index contributed by atoms with van der Waals surface area (Å²) in [5.41, 5.74) is 2.78. The highest BCUT2D eigenvalue weighted by Gasteiger charge is 2.48. The SMILES string of the molecule is CCC(=O)Nc1c(C)cc(CCS(=O)(=O)N2CCC3(CC2)N=C(C2CCC(C)CC2)NC3=O)cc1C. The molecule has 2 amide bonds. The fraction of sp³-hybridized carbons (Fsp3) is 0.667. The normalized spacial score (nSPS) is 24.4. The van der Waals surface area contributed by atoms with Gasteiger partial charge in [-0.25, -0.2) is 12.7 Å². The molecule has 8 nitrogen and oxygen atoms in total. The number of anilines is 1. The number of aryl methyl sites for hydroxylation is 3. The molecule has 2 fully saturated rings. The van der Waals surface area contributed by atoms with Crippen LogP contribution in [-0.2, 0) is 26.0 Å². The van der Waals surface area contributed by atoms with Crippen LogP contribution in [0.15, 0.2) is 17.1 Å². The summed E-state index contributed by atoms with van der Waals surface area (Å²) in [6, 6.07) is 3.90. The van der Waals surface area contributed by atoms with Gasteiger partial charge in [-0.3, -0.25) is 14.6 Å². The number of hydrogen-bond donors (Lipinski definition) is 2. The molecule has 2 heterocycles. The molecule has 1 saturated heterocycles. The number of amidine groups is 1. The quantitative estimate of drug-likeness (QED) is 0.576. The zero-order valence-electron chi connectivity index (χ0n) is 22.0. The zero-order valence-corrected chi connectivity index (χ0v) is 22.8. The molecule has 1 aromatic rings. The summed E-state index contributed by atoms with van der Waals surface area (Å²) in [6.45, 7) is 8.56. The molecule has 4 rings (SSSR count). The van der Waals surface area contributed by atoms with E-state index in [-0.39, 0.29) is 17.6 Å². The Hall–Kier alpha value is -2.26. The van der Waals surface area contributed by atoms with Crippen LogP contribution in [0.1, 0.15) is 75.5 Å². The molecule has 0 radical (unpaired) electrons. The molecular formula is C27H40N4O4S. The Labute approximate surface area is 215 Å². The summed E-state index contributed by atoms with van der Waals surface area (Å²) >= 11 is 0. The maximum atomic E-state index is 13.1. The number of amides is 2. The number of nitrogens with one attached hydrogen (secondary N) is 2. The predicted molar refractivity (Wildman–Crippen MR) is 143 cm³/mol. The maximum Gasteiger partial charge on any atom is 0.253 e. The Balaban J connectivity index is 1.36. The number of benzene rings is 1. The van der Waals surface area contributed by atoms with Crippen molar-refractivity contribution in [2.45, 2.75) is 84.6 Å². The molecule has 9 heteroatoms. The van der Waals surface area contributed by atoms with Gasteiger partial charge in [0.1, 0.15) is 11.4 Å². The van der Waals surface area contributed by atoms with Gasteiger partial charge in [-0.05, 0) is 68.6 Å². The van der Waals surface area contributed by atoms with Crippen molar-refractivity contribution in [1.82, 2.24) is 9.62 Å². The van der Waals surface area contributed by atoms with Crippen molar-refractivity contribution in [2.24, 2.45) is 16.8 Å². The second-order valence-corrected chi connectivity index (χ2v) is 13.0. The molecule has 1 spiro atoms. The van der Waals surface area contributed by atoms with E-state index in [4.69, 9.17) is 4.99 Å². The molecule has 1 saturated carbocycles. The fourth-order valence-corrected chi connectivity index (χ4v) is 7.23. The molecule has 0 atom stereocenters. The van der Waals surface area contributed by atoms with Crippen LogP contribution < -0.4 is 10.6 Å². The van der Waals surface area contributed by atoms with Crippen molar-refractivity contribution in [2.75, 3.05) is 24.2 Å². The van der Waals surface area contributed by atoms with Gasteiger partial charge in [-0.2, -0.15) is 0 Å². The van der Waals surface area contributed by atoms with Crippen LogP contribution in [0.2, 0.25) is 0 Å². The lowest BCUT2D eigenvalue weighted by Gasteiger charge is -2.34. The van der Waals surface area contributed by atoms with E-state index in [1.807, 2.05) is 32.9 Å². The average molecular weight is 517 g/mol. The number of carbonyl (C=O) groups excluding carboxylic acids is 2. The number of sulfonamides is 1. The van der Waals surface area contributed by atoms with Gasteiger partial charge in [-0.1, -0.05) is 38.8 Å². The van der Waals surface area contributed by atoms with E-state index in [0.29, 0.717) is 44.7 Å². The first-order valence-corrected chi connectivity index (χ1v) is 14.9. The lowest BCUT2D eigenvalue weighted by Crippen LogP contribution is -2.51. The van der Waals surface area contributed by atoms with Crippen molar-refractivity contribution in [3.63, 3.8) is 0 Å². The van der Waals surface area contributed by atoms with Gasteiger partial charge in [0, 0.05) is 31.1 Å². The minimum atomic E-state index is -3.46. The summed E-state index contributed by atoms with van der Waals surface area (Å²) in [5, 5.41) is 5.97. The number of nitrogens with zero attached hydrogens (tertiary/aromatic N) is 2. The van der Waals surface area contributed by atoms with E-state index in [1.54, 1.807) is 0 Å². The third kappa shape index (κ3) is 5.67. The summed E-state index contributed by atoms with van der Waals surface area (Å²) in [7, 11) is -3.46. The van der Waals surface area contributed by atoms with E-state index in [1.165, 1.54) is 4.31 Å². The molecule has 36 heavy (non-hydrogen) atoms. The van der Waals surface area contributed by atoms with E-state index < -0.39 is 15.6 Å². The fourth-order valence-electron chi connectivity index (χ4n) is 5.74. The van der Waals surface area contributed by atoms with Crippen LogP contribution in [0.5, 0.6) is 0 Å². The Morgan fingerprint density at radius 2 is 1.75 bits per heavy atom. The minimum Gasteiger partial charge on any atom is -0.326 e. The van der Waals surface area contributed by atoms with Crippen LogP contribution in [0, 0.1) is 25.7 Å². The van der Waals surface area contributed by atoms with E-state index in [2.05, 4.69) is 17.6 Å². The molecule has 1 aromatic carbocycles. The summed E-state index contributed by atoms with van der Waals surface area (Å²) < 4.78 is 27.8. The predicted octanol–water partition coefficient (Wildman–Crippen LogP) is 3.71. The molecule has 0 bridgehead atoms.